The van der Waals surface area contributed by atoms with Gasteiger partial charge in [-0.05, 0) is 47.0 Å². The minimum absolute atomic E-state index is 0.0797. The van der Waals surface area contributed by atoms with Gasteiger partial charge in [0.15, 0.2) is 0 Å². The normalized spacial score (nSPS) is 17.8. The fraction of sp³-hybridized carbons (Fsp3) is 0.462. The molecule has 0 aliphatic heterocycles. The van der Waals surface area contributed by atoms with Crippen LogP contribution in [0.4, 0.5) is 0 Å². The summed E-state index contributed by atoms with van der Waals surface area (Å²) in [5, 5.41) is 9.38. The number of carbonyl (C=O) groups is 1. The number of sulfonamides is 1. The molecular weight excluding hydrogens is 426 g/mol. The molecule has 0 aromatic heterocycles. The maximum Gasteiger partial charge on any atom is 0.310 e. The molecule has 1 aromatic carbocycles. The van der Waals surface area contributed by atoms with Crippen molar-refractivity contribution < 1.29 is 18.3 Å². The molecule has 1 aliphatic rings. The van der Waals surface area contributed by atoms with Crippen LogP contribution in [0.25, 0.3) is 0 Å². The zero-order valence-corrected chi connectivity index (χ0v) is 15.1. The van der Waals surface area contributed by atoms with Crippen molar-refractivity contribution >= 4 is 47.9 Å². The van der Waals surface area contributed by atoms with E-state index in [1.165, 1.54) is 6.07 Å². The van der Waals surface area contributed by atoms with Crippen LogP contribution in [0.3, 0.4) is 0 Å². The van der Waals surface area contributed by atoms with Gasteiger partial charge in [0.2, 0.25) is 10.0 Å². The van der Waals surface area contributed by atoms with Crippen molar-refractivity contribution in [2.45, 2.75) is 30.6 Å². The lowest BCUT2D eigenvalue weighted by Crippen LogP contribution is -2.41. The van der Waals surface area contributed by atoms with Crippen LogP contribution in [-0.4, -0.2) is 26.0 Å². The summed E-state index contributed by atoms with van der Waals surface area (Å²) in [5.41, 5.74) is -0.981. The van der Waals surface area contributed by atoms with Gasteiger partial charge in [0.1, 0.15) is 0 Å². The molecule has 1 aromatic rings. The van der Waals surface area contributed by atoms with Crippen LogP contribution >= 0.6 is 31.9 Å². The third kappa shape index (κ3) is 3.67. The molecule has 0 amide bonds. The fourth-order valence-corrected chi connectivity index (χ4v) is 5.14. The van der Waals surface area contributed by atoms with E-state index < -0.39 is 21.4 Å². The van der Waals surface area contributed by atoms with Gasteiger partial charge in [0.25, 0.3) is 0 Å². The van der Waals surface area contributed by atoms with Crippen molar-refractivity contribution in [1.29, 1.82) is 0 Å². The van der Waals surface area contributed by atoms with Gasteiger partial charge in [-0.15, -0.1) is 0 Å². The average Bonchev–Trinajstić information content (AvgIpc) is 2.89. The molecule has 0 unspecified atom stereocenters. The molecule has 21 heavy (non-hydrogen) atoms. The van der Waals surface area contributed by atoms with Crippen molar-refractivity contribution in [3.8, 4) is 0 Å². The Labute approximate surface area is 140 Å². The number of carboxylic acid groups (broad SMARTS) is 1. The summed E-state index contributed by atoms with van der Waals surface area (Å²) in [6.45, 7) is -0.0797. The summed E-state index contributed by atoms with van der Waals surface area (Å²) in [4.78, 5) is 11.5. The van der Waals surface area contributed by atoms with Crippen LogP contribution in [-0.2, 0) is 14.8 Å². The van der Waals surface area contributed by atoms with Crippen LogP contribution in [0.5, 0.6) is 0 Å². The summed E-state index contributed by atoms with van der Waals surface area (Å²) in [7, 11) is -3.76. The summed E-state index contributed by atoms with van der Waals surface area (Å²) in [6.07, 6.45) is 2.64. The van der Waals surface area contributed by atoms with E-state index in [-0.39, 0.29) is 11.4 Å². The quantitative estimate of drug-likeness (QED) is 0.736. The number of halogens is 2. The summed E-state index contributed by atoms with van der Waals surface area (Å²) < 4.78 is 28.3. The Bertz CT molecular complexity index is 654. The molecule has 0 atom stereocenters. The number of aliphatic carboxylic acids is 1. The minimum Gasteiger partial charge on any atom is -0.481 e. The molecule has 1 fully saturated rings. The Hall–Kier alpha value is -0.440. The minimum atomic E-state index is -3.76. The van der Waals surface area contributed by atoms with E-state index in [9.17, 15) is 18.3 Å². The molecule has 0 heterocycles. The highest BCUT2D eigenvalue weighted by Gasteiger charge is 2.42. The first-order chi connectivity index (χ1) is 9.77. The molecule has 0 bridgehead atoms. The van der Waals surface area contributed by atoms with Gasteiger partial charge in [-0.1, -0.05) is 28.8 Å². The molecule has 8 heteroatoms. The van der Waals surface area contributed by atoms with Gasteiger partial charge >= 0.3 is 5.97 Å². The van der Waals surface area contributed by atoms with Crippen molar-refractivity contribution in [3.05, 3.63) is 27.1 Å². The van der Waals surface area contributed by atoms with Crippen molar-refractivity contribution in [2.75, 3.05) is 6.54 Å². The molecule has 1 aliphatic carbocycles. The fourth-order valence-electron chi connectivity index (χ4n) is 2.51. The number of nitrogens with one attached hydrogen (secondary N) is 1. The van der Waals surface area contributed by atoms with Gasteiger partial charge < -0.3 is 5.11 Å². The van der Waals surface area contributed by atoms with E-state index in [0.717, 1.165) is 12.8 Å². The molecule has 0 saturated heterocycles. The maximum atomic E-state index is 12.4. The third-order valence-electron chi connectivity index (χ3n) is 3.80. The molecule has 2 N–H and O–H groups in total. The van der Waals surface area contributed by atoms with Crippen molar-refractivity contribution in [3.63, 3.8) is 0 Å². The zero-order chi connectivity index (χ0) is 15.7. The Morgan fingerprint density at radius 3 is 2.48 bits per heavy atom. The molecule has 2 rings (SSSR count). The predicted octanol–water partition coefficient (Wildman–Crippen LogP) is 3.13. The van der Waals surface area contributed by atoms with Gasteiger partial charge in [-0.2, -0.15) is 0 Å². The summed E-state index contributed by atoms with van der Waals surface area (Å²) >= 11 is 6.44. The second-order valence-corrected chi connectivity index (χ2v) is 8.70. The van der Waals surface area contributed by atoms with Gasteiger partial charge in [-0.3, -0.25) is 4.79 Å². The van der Waals surface area contributed by atoms with Crippen molar-refractivity contribution in [2.24, 2.45) is 5.41 Å². The Morgan fingerprint density at radius 2 is 1.90 bits per heavy atom. The monoisotopic (exact) mass is 439 g/mol. The lowest BCUT2D eigenvalue weighted by molar-refractivity contribution is -0.148. The zero-order valence-electron chi connectivity index (χ0n) is 11.1. The second kappa shape index (κ2) is 6.36. The molecule has 0 spiro atoms. The van der Waals surface area contributed by atoms with Gasteiger partial charge in [0, 0.05) is 15.5 Å². The Balaban J connectivity index is 2.22. The Kier molecular flexibility index (Phi) is 5.12. The third-order valence-corrected chi connectivity index (χ3v) is 6.69. The predicted molar refractivity (Wildman–Crippen MR) is 85.6 cm³/mol. The van der Waals surface area contributed by atoms with E-state index in [1.807, 2.05) is 0 Å². The number of carboxylic acids is 1. The number of rotatable bonds is 5. The van der Waals surface area contributed by atoms with Crippen LogP contribution < -0.4 is 4.72 Å². The first-order valence-corrected chi connectivity index (χ1v) is 9.52. The molecule has 5 nitrogen and oxygen atoms in total. The second-order valence-electron chi connectivity index (χ2n) is 5.19. The topological polar surface area (TPSA) is 83.5 Å². The van der Waals surface area contributed by atoms with E-state index >= 15 is 0 Å². The molecule has 0 radical (unpaired) electrons. The van der Waals surface area contributed by atoms with Crippen LogP contribution in [0.2, 0.25) is 0 Å². The average molecular weight is 441 g/mol. The maximum absolute atomic E-state index is 12.4. The SMILES string of the molecule is O=C(O)C1(CNS(=O)(=O)c2cc(Br)ccc2Br)CCCC1. The van der Waals surface area contributed by atoms with Crippen LogP contribution in [0, 0.1) is 5.41 Å². The largest absolute Gasteiger partial charge is 0.481 e. The van der Waals surface area contributed by atoms with E-state index in [0.29, 0.717) is 21.8 Å². The highest BCUT2D eigenvalue weighted by molar-refractivity contribution is 9.11. The number of hydrogen-bond donors (Lipinski definition) is 2. The van der Waals surface area contributed by atoms with E-state index in [1.54, 1.807) is 12.1 Å². The summed E-state index contributed by atoms with van der Waals surface area (Å²) in [5.74, 6) is -0.934. The molecular formula is C13H15Br2NO4S. The standard InChI is InChI=1S/C13H15Br2NO4S/c14-9-3-4-10(15)11(7-9)21(19,20)16-8-13(12(17)18)5-1-2-6-13/h3-4,7,16H,1-2,5-6,8H2,(H,17,18). The lowest BCUT2D eigenvalue weighted by atomic mass is 9.87. The highest BCUT2D eigenvalue weighted by atomic mass is 79.9. The van der Waals surface area contributed by atoms with Gasteiger partial charge in [0.05, 0.1) is 10.3 Å². The number of benzene rings is 1. The first-order valence-electron chi connectivity index (χ1n) is 6.45. The van der Waals surface area contributed by atoms with Crippen molar-refractivity contribution in [1.82, 2.24) is 4.72 Å². The Morgan fingerprint density at radius 1 is 1.29 bits per heavy atom. The molecule has 116 valence electrons. The van der Waals surface area contributed by atoms with Crippen LogP contribution in [0.15, 0.2) is 32.0 Å². The number of hydrogen-bond acceptors (Lipinski definition) is 3. The summed E-state index contributed by atoms with van der Waals surface area (Å²) in [6, 6.07) is 4.83. The van der Waals surface area contributed by atoms with Crippen LogP contribution in [0.1, 0.15) is 25.7 Å². The van der Waals surface area contributed by atoms with E-state index in [2.05, 4.69) is 36.6 Å². The first kappa shape index (κ1) is 16.9. The molecule has 1 saturated carbocycles. The smallest absolute Gasteiger partial charge is 0.310 e. The van der Waals surface area contributed by atoms with Gasteiger partial charge in [-0.25, -0.2) is 13.1 Å². The van der Waals surface area contributed by atoms with E-state index in [4.69, 9.17) is 0 Å². The highest BCUT2D eigenvalue weighted by Crippen LogP contribution is 2.38. The lowest BCUT2D eigenvalue weighted by Gasteiger charge is -2.24.